The van der Waals surface area contributed by atoms with E-state index in [1.807, 2.05) is 14.0 Å². The molecule has 2 N–H and O–H groups in total. The van der Waals surface area contributed by atoms with Gasteiger partial charge >= 0.3 is 0 Å². The molecular weight excluding hydrogens is 342 g/mol. The lowest BCUT2D eigenvalue weighted by atomic mass is 9.70. The second-order valence-electron chi connectivity index (χ2n) is 7.00. The van der Waals surface area contributed by atoms with Crippen LogP contribution in [0.15, 0.2) is 0 Å². The van der Waals surface area contributed by atoms with Gasteiger partial charge in [-0.2, -0.15) is 0 Å². The van der Waals surface area contributed by atoms with Gasteiger partial charge in [-0.25, -0.2) is 0 Å². The van der Waals surface area contributed by atoms with Gasteiger partial charge in [0.05, 0.1) is 30.4 Å². The molecule has 116 valence electrons. The van der Waals surface area contributed by atoms with Crippen LogP contribution in [0, 0.1) is 11.8 Å². The zero-order valence-corrected chi connectivity index (χ0v) is 14.9. The molecule has 0 spiro atoms. The Kier molecular flexibility index (Phi) is 4.42. The first-order valence-corrected chi connectivity index (χ1v) is 8.98. The van der Waals surface area contributed by atoms with Gasteiger partial charge in [-0.05, 0) is 33.1 Å². The molecule has 2 aliphatic heterocycles. The van der Waals surface area contributed by atoms with E-state index >= 15 is 0 Å². The van der Waals surface area contributed by atoms with E-state index in [1.165, 1.54) is 12.8 Å². The van der Waals surface area contributed by atoms with Crippen LogP contribution in [-0.4, -0.2) is 41.3 Å². The lowest BCUT2D eigenvalue weighted by Crippen LogP contribution is -3.00. The van der Waals surface area contributed by atoms with Crippen molar-refractivity contribution in [1.29, 1.82) is 0 Å². The summed E-state index contributed by atoms with van der Waals surface area (Å²) in [5.41, 5.74) is 0. The van der Waals surface area contributed by atoms with Crippen LogP contribution in [0.1, 0.15) is 39.5 Å². The second kappa shape index (κ2) is 5.69. The van der Waals surface area contributed by atoms with Gasteiger partial charge in [-0.15, -0.1) is 11.6 Å². The van der Waals surface area contributed by atoms with E-state index in [1.54, 1.807) is 0 Å². The number of methoxy groups -OCH3 is 1. The predicted molar refractivity (Wildman–Crippen MR) is 83.3 cm³/mol. The van der Waals surface area contributed by atoms with E-state index in [0.29, 0.717) is 36.1 Å². The lowest BCUT2D eigenvalue weighted by molar-refractivity contribution is -0.745. The van der Waals surface area contributed by atoms with Crippen LogP contribution in [0.4, 0.5) is 0 Å². The number of rotatable bonds is 2. The molecule has 2 saturated heterocycles. The largest absolute Gasteiger partial charge is 0.381 e. The van der Waals surface area contributed by atoms with Crippen LogP contribution in [0.3, 0.4) is 0 Å². The average Bonchev–Trinajstić information content (AvgIpc) is 2.84. The molecule has 1 saturated carbocycles. The number of halogens is 2. The highest BCUT2D eigenvalue weighted by atomic mass is 79.9. The molecule has 1 aliphatic carbocycles. The fourth-order valence-electron chi connectivity index (χ4n) is 4.54. The Balaban J connectivity index is 1.77. The molecule has 3 aliphatic rings. The zero-order valence-electron chi connectivity index (χ0n) is 12.5. The summed E-state index contributed by atoms with van der Waals surface area (Å²) in [6, 6.07) is 1.34. The van der Waals surface area contributed by atoms with E-state index in [4.69, 9.17) is 21.1 Å². The molecule has 3 rings (SSSR count). The van der Waals surface area contributed by atoms with Crippen LogP contribution in [-0.2, 0) is 9.47 Å². The third-order valence-corrected chi connectivity index (χ3v) is 6.44. The fraction of sp³-hybridized carbons (Fsp3) is 1.00. The van der Waals surface area contributed by atoms with Crippen LogP contribution in [0.2, 0.25) is 0 Å². The monoisotopic (exact) mass is 366 g/mol. The van der Waals surface area contributed by atoms with E-state index in [0.717, 1.165) is 12.8 Å². The van der Waals surface area contributed by atoms with E-state index in [9.17, 15) is 0 Å². The number of nitrogens with two attached hydrogens (primary N) is 1. The molecule has 5 heteroatoms. The zero-order chi connectivity index (χ0) is 14.5. The van der Waals surface area contributed by atoms with E-state index in [-0.39, 0.29) is 6.10 Å². The van der Waals surface area contributed by atoms with Crippen LogP contribution >= 0.6 is 27.5 Å². The summed E-state index contributed by atoms with van der Waals surface area (Å²) in [6.07, 6.45) is 5.52. The summed E-state index contributed by atoms with van der Waals surface area (Å²) >= 11 is 10.0. The van der Waals surface area contributed by atoms with Crippen LogP contribution in [0.25, 0.3) is 0 Å². The van der Waals surface area contributed by atoms with Crippen molar-refractivity contribution in [3.8, 4) is 0 Å². The summed E-state index contributed by atoms with van der Waals surface area (Å²) in [4.78, 5) is 0. The predicted octanol–water partition coefficient (Wildman–Crippen LogP) is 2.26. The molecule has 0 amide bonds. The topological polar surface area (TPSA) is 35.1 Å². The molecule has 0 radical (unpaired) electrons. The van der Waals surface area contributed by atoms with Gasteiger partial charge in [0.2, 0.25) is 0 Å². The Morgan fingerprint density at radius 2 is 2.05 bits per heavy atom. The standard InChI is InChI=1S/C15H25BrClNO2/c1-8-10-7-13(15(2,16)17)20-14(10)11-6-9(19-3)4-5-12(11)18-8/h8-14,18H,4-7H2,1-3H3/p+1/t8?,9?,10?,11?,12?,13-,14?,15-/m1/s1. The van der Waals surface area contributed by atoms with Gasteiger partial charge in [0.15, 0.2) is 0 Å². The molecule has 0 aromatic rings. The lowest BCUT2D eigenvalue weighted by Gasteiger charge is -2.44. The van der Waals surface area contributed by atoms with Gasteiger partial charge < -0.3 is 14.8 Å². The Morgan fingerprint density at radius 3 is 2.70 bits per heavy atom. The third-order valence-electron chi connectivity index (χ3n) is 5.68. The summed E-state index contributed by atoms with van der Waals surface area (Å²) < 4.78 is 11.6. The first kappa shape index (κ1) is 15.5. The van der Waals surface area contributed by atoms with Crippen LogP contribution in [0.5, 0.6) is 0 Å². The molecule has 3 fully saturated rings. The molecule has 6 unspecified atom stereocenters. The van der Waals surface area contributed by atoms with Crippen molar-refractivity contribution in [2.75, 3.05) is 7.11 Å². The molecule has 0 bridgehead atoms. The van der Waals surface area contributed by atoms with E-state index in [2.05, 4.69) is 28.2 Å². The summed E-state index contributed by atoms with van der Waals surface area (Å²) in [7, 11) is 1.84. The van der Waals surface area contributed by atoms with Crippen molar-refractivity contribution in [3.05, 3.63) is 0 Å². The van der Waals surface area contributed by atoms with E-state index < -0.39 is 3.78 Å². The Hall–Kier alpha value is 0.650. The Morgan fingerprint density at radius 1 is 1.30 bits per heavy atom. The van der Waals surface area contributed by atoms with Gasteiger partial charge in [0.25, 0.3) is 0 Å². The summed E-state index contributed by atoms with van der Waals surface area (Å²) in [6.45, 7) is 4.35. The minimum atomic E-state index is -0.450. The maximum absolute atomic E-state index is 6.44. The van der Waals surface area contributed by atoms with Gasteiger partial charge in [-0.1, -0.05) is 15.9 Å². The van der Waals surface area contributed by atoms with Crippen molar-refractivity contribution in [2.24, 2.45) is 11.8 Å². The van der Waals surface area contributed by atoms with Gasteiger partial charge in [0, 0.05) is 25.4 Å². The first-order chi connectivity index (χ1) is 9.40. The van der Waals surface area contributed by atoms with Crippen molar-refractivity contribution in [2.45, 2.75) is 73.7 Å². The fourth-order valence-corrected chi connectivity index (χ4v) is 4.97. The van der Waals surface area contributed by atoms with Gasteiger partial charge in [0.1, 0.15) is 3.78 Å². The Bertz CT molecular complexity index is 362. The second-order valence-corrected chi connectivity index (χ2v) is 9.88. The third kappa shape index (κ3) is 2.79. The number of quaternary nitrogens is 1. The maximum Gasteiger partial charge on any atom is 0.122 e. The summed E-state index contributed by atoms with van der Waals surface area (Å²) in [5.74, 6) is 1.24. The number of fused-ring (bicyclic) bond motifs is 3. The smallest absolute Gasteiger partial charge is 0.122 e. The van der Waals surface area contributed by atoms with Crippen molar-refractivity contribution in [3.63, 3.8) is 0 Å². The molecule has 20 heavy (non-hydrogen) atoms. The quantitative estimate of drug-likeness (QED) is 0.760. The maximum atomic E-state index is 6.44. The average molecular weight is 368 g/mol. The highest BCUT2D eigenvalue weighted by molar-refractivity contribution is 9.10. The minimum absolute atomic E-state index is 0.108. The molecule has 8 atom stereocenters. The van der Waals surface area contributed by atoms with Gasteiger partial charge in [-0.3, -0.25) is 0 Å². The normalized spacial score (nSPS) is 51.1. The summed E-state index contributed by atoms with van der Waals surface area (Å²) in [5, 5.41) is 2.59. The van der Waals surface area contributed by atoms with Crippen molar-refractivity contribution >= 4 is 27.5 Å². The highest BCUT2D eigenvalue weighted by Gasteiger charge is 2.55. The number of alkyl halides is 2. The molecule has 0 aromatic carbocycles. The molecular formula is C15H26BrClNO2+. The number of ether oxygens (including phenoxy) is 2. The SMILES string of the molecule is COC1CCC2[NH2+]C(C)C3C[C@H]([C@@](C)(Cl)Br)OC3C2C1. The highest BCUT2D eigenvalue weighted by Crippen LogP contribution is 2.46. The number of hydrogen-bond acceptors (Lipinski definition) is 2. The first-order valence-electron chi connectivity index (χ1n) is 7.81. The number of hydrogen-bond donors (Lipinski definition) is 1. The van der Waals surface area contributed by atoms with Crippen molar-refractivity contribution in [1.82, 2.24) is 0 Å². The Labute approximate surface area is 135 Å². The molecule has 2 heterocycles. The minimum Gasteiger partial charge on any atom is -0.381 e. The molecule has 0 aromatic heterocycles. The molecule has 3 nitrogen and oxygen atoms in total. The van der Waals surface area contributed by atoms with Crippen LogP contribution < -0.4 is 5.32 Å². The number of piperidine rings is 1. The van der Waals surface area contributed by atoms with Crippen molar-refractivity contribution < 1.29 is 14.8 Å².